The van der Waals surface area contributed by atoms with Gasteiger partial charge < -0.3 is 18.9 Å². The highest BCUT2D eigenvalue weighted by Gasteiger charge is 2.35. The molecule has 0 saturated heterocycles. The topological polar surface area (TPSA) is 88.4 Å². The van der Waals surface area contributed by atoms with Gasteiger partial charge >= 0.3 is 5.97 Å². The van der Waals surface area contributed by atoms with Gasteiger partial charge in [0.15, 0.2) is 16.3 Å². The first-order chi connectivity index (χ1) is 23.7. The molecule has 0 radical (unpaired) electrons. The van der Waals surface area contributed by atoms with Crippen molar-refractivity contribution in [3.8, 4) is 17.2 Å². The molecule has 0 aliphatic carbocycles. The maximum atomic E-state index is 14.3. The van der Waals surface area contributed by atoms with Crippen LogP contribution in [0.3, 0.4) is 0 Å². The number of rotatable bonds is 11. The number of benzene rings is 4. The number of fused-ring (bicyclic) bond motifs is 2. The molecular weight excluding hydrogens is 660 g/mol. The first kappa shape index (κ1) is 34.0. The van der Waals surface area contributed by atoms with Crippen LogP contribution in [-0.4, -0.2) is 29.9 Å². The summed E-state index contributed by atoms with van der Waals surface area (Å²) in [6.45, 7) is 10.1. The second-order valence-corrected chi connectivity index (χ2v) is 13.1. The average molecular weight is 697 g/mol. The summed E-state index contributed by atoms with van der Waals surface area (Å²) in [4.78, 5) is 32.8. The zero-order chi connectivity index (χ0) is 34.7. The highest BCUT2D eigenvalue weighted by molar-refractivity contribution is 7.07. The summed E-state index contributed by atoms with van der Waals surface area (Å²) >= 11 is 8.06. The molecule has 49 heavy (non-hydrogen) atoms. The van der Waals surface area contributed by atoms with E-state index in [1.807, 2.05) is 75.4 Å². The quantitative estimate of drug-likeness (QED) is 0.134. The maximum absolute atomic E-state index is 14.3. The third-order valence-corrected chi connectivity index (χ3v) is 9.24. The normalized spacial score (nSPS) is 14.5. The average Bonchev–Trinajstić information content (AvgIpc) is 3.37. The van der Waals surface area contributed by atoms with Crippen LogP contribution in [0.25, 0.3) is 16.8 Å². The number of hydrogen-bond donors (Lipinski definition) is 0. The van der Waals surface area contributed by atoms with Crippen LogP contribution in [0.5, 0.6) is 17.2 Å². The lowest BCUT2D eigenvalue weighted by Gasteiger charge is -2.26. The minimum Gasteiger partial charge on any atom is -0.491 e. The molecule has 0 fully saturated rings. The number of hydrogen-bond acceptors (Lipinski definition) is 8. The minimum absolute atomic E-state index is 0.128. The number of esters is 1. The van der Waals surface area contributed by atoms with Crippen molar-refractivity contribution >= 4 is 45.8 Å². The fourth-order valence-corrected chi connectivity index (χ4v) is 7.27. The Morgan fingerprint density at radius 1 is 0.980 bits per heavy atom. The van der Waals surface area contributed by atoms with Crippen LogP contribution in [-0.2, 0) is 16.1 Å². The van der Waals surface area contributed by atoms with Gasteiger partial charge in [-0.3, -0.25) is 9.36 Å². The molecule has 1 aliphatic rings. The molecule has 0 bridgehead atoms. The molecule has 0 saturated carbocycles. The second kappa shape index (κ2) is 14.7. The van der Waals surface area contributed by atoms with Crippen LogP contribution in [0.4, 0.5) is 0 Å². The van der Waals surface area contributed by atoms with Crippen molar-refractivity contribution in [3.63, 3.8) is 0 Å². The standard InChI is InChI=1S/C39H37ClN2O6S/c1-6-45-32-20-25(19-30(40)36(32)47-22-27-15-12-14-26-13-8-9-16-28(26)27)21-33-37(43)42-35(29-17-10-11-18-31(29)48-23(3)4)34(38(44)46-7-2)24(5)41-39(42)49-33/h8-21,23,35H,6-7,22H2,1-5H3/b33-21+/t35-/m1/s1. The van der Waals surface area contributed by atoms with Gasteiger partial charge in [-0.05, 0) is 80.8 Å². The van der Waals surface area contributed by atoms with Crippen LogP contribution < -0.4 is 29.1 Å². The molecule has 0 N–H and O–H groups in total. The second-order valence-electron chi connectivity index (χ2n) is 11.7. The van der Waals surface area contributed by atoms with Crippen LogP contribution >= 0.6 is 22.9 Å². The molecule has 4 aromatic carbocycles. The van der Waals surface area contributed by atoms with Crippen LogP contribution in [0.15, 0.2) is 99.9 Å². The van der Waals surface area contributed by atoms with E-state index in [1.54, 1.807) is 30.6 Å². The zero-order valence-electron chi connectivity index (χ0n) is 28.0. The molecule has 10 heteroatoms. The SMILES string of the molecule is CCOC(=O)C1=C(C)N=c2s/c(=C/c3cc(Cl)c(OCc4cccc5ccccc45)c(OCC)c3)c(=O)n2[C@@H]1c1ccccc1OC(C)C. The summed E-state index contributed by atoms with van der Waals surface area (Å²) in [5.74, 6) is 0.925. The fourth-order valence-electron chi connectivity index (χ4n) is 5.95. The molecule has 0 amide bonds. The number of aromatic nitrogens is 1. The highest BCUT2D eigenvalue weighted by atomic mass is 35.5. The lowest BCUT2D eigenvalue weighted by molar-refractivity contribution is -0.139. The van der Waals surface area contributed by atoms with Gasteiger partial charge in [-0.25, -0.2) is 9.79 Å². The third-order valence-electron chi connectivity index (χ3n) is 7.97. The maximum Gasteiger partial charge on any atom is 0.338 e. The number of para-hydroxylation sites is 1. The van der Waals surface area contributed by atoms with Crippen LogP contribution in [0.2, 0.25) is 5.02 Å². The first-order valence-electron chi connectivity index (χ1n) is 16.2. The van der Waals surface area contributed by atoms with Crippen molar-refractivity contribution < 1.29 is 23.7 Å². The van der Waals surface area contributed by atoms with Crippen molar-refractivity contribution in [1.29, 1.82) is 0 Å². The van der Waals surface area contributed by atoms with Gasteiger partial charge in [0.25, 0.3) is 5.56 Å². The van der Waals surface area contributed by atoms with E-state index in [1.165, 1.54) is 11.3 Å². The summed E-state index contributed by atoms with van der Waals surface area (Å²) in [5, 5.41) is 2.58. The predicted octanol–water partition coefficient (Wildman–Crippen LogP) is 7.37. The summed E-state index contributed by atoms with van der Waals surface area (Å²) in [5.41, 5.74) is 2.79. The van der Waals surface area contributed by atoms with Crippen LogP contribution in [0, 0.1) is 0 Å². The van der Waals surface area contributed by atoms with E-state index in [-0.39, 0.29) is 23.8 Å². The molecule has 1 atom stereocenters. The Morgan fingerprint density at radius 3 is 2.51 bits per heavy atom. The third kappa shape index (κ3) is 7.00. The van der Waals surface area contributed by atoms with Crippen LogP contribution in [0.1, 0.15) is 57.4 Å². The molecule has 5 aromatic rings. The largest absolute Gasteiger partial charge is 0.491 e. The molecule has 0 unspecified atom stereocenters. The molecular formula is C39H37ClN2O6S. The molecule has 1 aromatic heterocycles. The minimum atomic E-state index is -0.806. The van der Waals surface area contributed by atoms with Crippen molar-refractivity contribution in [2.24, 2.45) is 4.99 Å². The van der Waals surface area contributed by atoms with Gasteiger partial charge in [0, 0.05) is 5.56 Å². The Bertz CT molecular complexity index is 2250. The van der Waals surface area contributed by atoms with E-state index in [9.17, 15) is 9.59 Å². The molecule has 1 aliphatic heterocycles. The first-order valence-corrected chi connectivity index (χ1v) is 17.4. The molecule has 252 valence electrons. The number of ether oxygens (including phenoxy) is 4. The van der Waals surface area contributed by atoms with E-state index in [4.69, 9.17) is 35.5 Å². The number of nitrogens with zero attached hydrogens (tertiary/aromatic N) is 2. The lowest BCUT2D eigenvalue weighted by Crippen LogP contribution is -2.40. The van der Waals surface area contributed by atoms with Gasteiger partial charge in [-0.15, -0.1) is 0 Å². The molecule has 0 spiro atoms. The van der Waals surface area contributed by atoms with Gasteiger partial charge in [0.1, 0.15) is 18.4 Å². The monoisotopic (exact) mass is 696 g/mol. The smallest absolute Gasteiger partial charge is 0.338 e. The van der Waals surface area contributed by atoms with E-state index in [2.05, 4.69) is 18.2 Å². The van der Waals surface area contributed by atoms with Gasteiger partial charge in [0.2, 0.25) is 0 Å². The van der Waals surface area contributed by atoms with Gasteiger partial charge in [0.05, 0.1) is 40.1 Å². The fraction of sp³-hybridized carbons (Fsp3) is 0.256. The van der Waals surface area contributed by atoms with E-state index in [0.717, 1.165) is 16.3 Å². The van der Waals surface area contributed by atoms with Gasteiger partial charge in [-0.2, -0.15) is 0 Å². The summed E-state index contributed by atoms with van der Waals surface area (Å²) < 4.78 is 25.8. The Balaban J connectivity index is 1.43. The van der Waals surface area contributed by atoms with E-state index in [0.29, 0.717) is 61.6 Å². The van der Waals surface area contributed by atoms with E-state index < -0.39 is 12.0 Å². The number of thiazole rings is 1. The molecule has 8 nitrogen and oxygen atoms in total. The number of carbonyl (C=O) groups is 1. The number of halogens is 1. The van der Waals surface area contributed by atoms with E-state index >= 15 is 0 Å². The summed E-state index contributed by atoms with van der Waals surface area (Å²) in [6.07, 6.45) is 1.63. The Morgan fingerprint density at radius 2 is 1.73 bits per heavy atom. The van der Waals surface area contributed by atoms with Crippen molar-refractivity contribution in [2.75, 3.05) is 13.2 Å². The number of carbonyl (C=O) groups excluding carboxylic acids is 1. The van der Waals surface area contributed by atoms with Crippen molar-refractivity contribution in [1.82, 2.24) is 4.57 Å². The number of allylic oxidation sites excluding steroid dienone is 1. The Labute approximate surface area is 293 Å². The summed E-state index contributed by atoms with van der Waals surface area (Å²) in [6, 6.07) is 24.4. The summed E-state index contributed by atoms with van der Waals surface area (Å²) in [7, 11) is 0. The van der Waals surface area contributed by atoms with Crippen molar-refractivity contribution in [2.45, 2.75) is 53.4 Å². The van der Waals surface area contributed by atoms with Gasteiger partial charge in [-0.1, -0.05) is 83.6 Å². The molecule has 2 heterocycles. The highest BCUT2D eigenvalue weighted by Crippen LogP contribution is 2.39. The lowest BCUT2D eigenvalue weighted by atomic mass is 9.95. The Kier molecular flexibility index (Phi) is 10.2. The van der Waals surface area contributed by atoms with Crippen molar-refractivity contribution in [3.05, 3.63) is 132 Å². The molecule has 6 rings (SSSR count). The predicted molar refractivity (Wildman–Crippen MR) is 194 cm³/mol. The zero-order valence-corrected chi connectivity index (χ0v) is 29.6. The Hall–Kier alpha value is -4.86.